The van der Waals surface area contributed by atoms with Gasteiger partial charge >= 0.3 is 25.7 Å². The Morgan fingerprint density at radius 1 is 0.561 bits per heavy atom. The van der Waals surface area contributed by atoms with Crippen molar-refractivity contribution in [1.82, 2.24) is 0 Å². The van der Waals surface area contributed by atoms with Crippen molar-refractivity contribution >= 4 is 25.7 Å². The minimum Gasteiger partial charge on any atom is -0.480 e. The molecule has 0 aromatic carbocycles. The number of nitrogens with two attached hydrogens (primary N) is 1. The Morgan fingerprint density at radius 2 is 1.00 bits per heavy atom. The normalized spacial score (nSPS) is 14.2. The van der Waals surface area contributed by atoms with E-state index in [0.29, 0.717) is 12.8 Å². The summed E-state index contributed by atoms with van der Waals surface area (Å²) in [6.45, 7) is 2.64. The molecule has 0 saturated heterocycles. The number of carboxylic acid groups (broad SMARTS) is 1. The first-order valence-corrected chi connectivity index (χ1v) is 23.7. The van der Waals surface area contributed by atoms with Crippen LogP contribution >= 0.6 is 7.82 Å². The summed E-state index contributed by atoms with van der Waals surface area (Å²) in [5, 5.41) is 8.88. The van der Waals surface area contributed by atoms with Crippen LogP contribution in [0.1, 0.15) is 187 Å². The van der Waals surface area contributed by atoms with E-state index in [4.69, 9.17) is 24.8 Å². The van der Waals surface area contributed by atoms with Crippen LogP contribution < -0.4 is 5.73 Å². The predicted molar refractivity (Wildman–Crippen MR) is 231 cm³/mol. The summed E-state index contributed by atoms with van der Waals surface area (Å²) in [7, 11) is -4.72. The average molecular weight is 826 g/mol. The highest BCUT2D eigenvalue weighted by molar-refractivity contribution is 7.47. The molecule has 0 spiro atoms. The van der Waals surface area contributed by atoms with E-state index >= 15 is 0 Å². The first-order chi connectivity index (χ1) is 27.6. The Bertz CT molecular complexity index is 1150. The number of rotatable bonds is 41. The molecule has 2 unspecified atom stereocenters. The van der Waals surface area contributed by atoms with Crippen LogP contribution in [0.2, 0.25) is 0 Å². The van der Waals surface area contributed by atoms with E-state index in [0.717, 1.165) is 64.2 Å². The lowest BCUT2D eigenvalue weighted by atomic mass is 10.1. The van der Waals surface area contributed by atoms with Gasteiger partial charge in [-0.1, -0.05) is 165 Å². The molecule has 330 valence electrons. The van der Waals surface area contributed by atoms with Gasteiger partial charge in [0, 0.05) is 12.8 Å². The van der Waals surface area contributed by atoms with Crippen molar-refractivity contribution in [2.24, 2.45) is 5.73 Å². The van der Waals surface area contributed by atoms with Crippen molar-refractivity contribution in [2.75, 3.05) is 19.8 Å². The maximum absolute atomic E-state index is 12.6. The molecule has 0 radical (unpaired) electrons. The molecule has 0 heterocycles. The highest BCUT2D eigenvalue weighted by Gasteiger charge is 2.28. The zero-order chi connectivity index (χ0) is 42.1. The van der Waals surface area contributed by atoms with Crippen molar-refractivity contribution in [3.8, 4) is 0 Å². The highest BCUT2D eigenvalue weighted by Crippen LogP contribution is 2.43. The lowest BCUT2D eigenvalue weighted by Gasteiger charge is -2.20. The van der Waals surface area contributed by atoms with Gasteiger partial charge < -0.3 is 25.2 Å². The van der Waals surface area contributed by atoms with E-state index in [-0.39, 0.29) is 19.4 Å². The number of hydrogen-bond acceptors (Lipinski definition) is 9. The summed E-state index contributed by atoms with van der Waals surface area (Å²) < 4.78 is 32.7. The average Bonchev–Trinajstić information content (AvgIpc) is 3.19. The van der Waals surface area contributed by atoms with Gasteiger partial charge in [-0.25, -0.2) is 4.57 Å². The van der Waals surface area contributed by atoms with Gasteiger partial charge in [-0.15, -0.1) is 0 Å². The summed E-state index contributed by atoms with van der Waals surface area (Å²) in [4.78, 5) is 45.9. The molecule has 0 rings (SSSR count). The quantitative estimate of drug-likeness (QED) is 0.0176. The zero-order valence-electron chi connectivity index (χ0n) is 35.7. The van der Waals surface area contributed by atoms with Crippen LogP contribution in [-0.2, 0) is 37.5 Å². The number of carbonyl (C=O) groups excluding carboxylic acids is 2. The van der Waals surface area contributed by atoms with Crippen LogP contribution in [0, 0.1) is 0 Å². The molecule has 0 aliphatic rings. The van der Waals surface area contributed by atoms with Crippen molar-refractivity contribution in [3.05, 3.63) is 48.6 Å². The number of phosphoric ester groups is 1. The van der Waals surface area contributed by atoms with Gasteiger partial charge in [0.05, 0.1) is 13.2 Å². The van der Waals surface area contributed by atoms with Gasteiger partial charge in [-0.05, 0) is 57.8 Å². The van der Waals surface area contributed by atoms with E-state index in [1.807, 2.05) is 24.3 Å². The number of allylic oxidation sites excluding steroid dienone is 8. The largest absolute Gasteiger partial charge is 0.480 e. The molecular formula is C45H80NO10P. The van der Waals surface area contributed by atoms with Gasteiger partial charge in [0.1, 0.15) is 12.6 Å². The minimum atomic E-state index is -4.72. The standard InChI is InChI=1S/C45H80NO10P/c1-3-5-7-9-11-13-15-17-18-19-20-21-22-23-25-26-28-30-32-34-36-43(47)53-38-41(39-54-57(51,52)55-40-42(46)45(49)50)56-44(48)37-35-33-31-29-27-24-16-14-12-10-8-6-4-2/h6,8,10,12,14,16,20-21,41-42H,3-5,7,9,11,13,15,17-19,22-40,46H2,1-2H3,(H,49,50)(H,51,52)/b8-6+,12-10+,16-14+,21-20+/t41?,42-/m1/s1. The summed E-state index contributed by atoms with van der Waals surface area (Å²) in [6.07, 6.45) is 44.7. The third-order valence-corrected chi connectivity index (χ3v) is 10.3. The third kappa shape index (κ3) is 40.0. The van der Waals surface area contributed by atoms with Crippen LogP contribution in [0.3, 0.4) is 0 Å². The minimum absolute atomic E-state index is 0.136. The number of phosphoric acid groups is 1. The Balaban J connectivity index is 4.32. The summed E-state index contributed by atoms with van der Waals surface area (Å²) in [6, 6.07) is -1.53. The fourth-order valence-corrected chi connectivity index (χ4v) is 6.66. The highest BCUT2D eigenvalue weighted by atomic mass is 31.2. The maximum atomic E-state index is 12.6. The molecule has 12 heteroatoms. The summed E-state index contributed by atoms with van der Waals surface area (Å²) >= 11 is 0. The lowest BCUT2D eigenvalue weighted by molar-refractivity contribution is -0.161. The molecule has 3 atom stereocenters. The van der Waals surface area contributed by atoms with E-state index < -0.39 is 51.1 Å². The number of esters is 2. The Morgan fingerprint density at radius 3 is 1.51 bits per heavy atom. The van der Waals surface area contributed by atoms with Gasteiger partial charge in [-0.3, -0.25) is 23.4 Å². The Kier molecular flexibility index (Phi) is 38.4. The van der Waals surface area contributed by atoms with E-state index in [9.17, 15) is 23.8 Å². The first kappa shape index (κ1) is 54.4. The van der Waals surface area contributed by atoms with Gasteiger partial charge in [0.2, 0.25) is 0 Å². The Hall–Kier alpha value is -2.56. The molecule has 0 saturated carbocycles. The second-order valence-electron chi connectivity index (χ2n) is 14.9. The van der Waals surface area contributed by atoms with Crippen molar-refractivity contribution in [2.45, 2.75) is 199 Å². The summed E-state index contributed by atoms with van der Waals surface area (Å²) in [5.74, 6) is -2.41. The number of carbonyl (C=O) groups is 3. The van der Waals surface area contributed by atoms with Crippen molar-refractivity contribution in [3.63, 3.8) is 0 Å². The van der Waals surface area contributed by atoms with Crippen molar-refractivity contribution in [1.29, 1.82) is 0 Å². The fourth-order valence-electron chi connectivity index (χ4n) is 5.88. The molecule has 4 N–H and O–H groups in total. The molecule has 0 bridgehead atoms. The second kappa shape index (κ2) is 40.2. The molecule has 0 aliphatic heterocycles. The predicted octanol–water partition coefficient (Wildman–Crippen LogP) is 11.8. The molecule has 0 amide bonds. The number of ether oxygens (including phenoxy) is 2. The molecule has 57 heavy (non-hydrogen) atoms. The Labute approximate surface area is 345 Å². The van der Waals surface area contributed by atoms with Gasteiger partial charge in [0.25, 0.3) is 0 Å². The number of aliphatic carboxylic acids is 1. The maximum Gasteiger partial charge on any atom is 0.472 e. The van der Waals surface area contributed by atoms with Gasteiger partial charge in [0.15, 0.2) is 6.10 Å². The smallest absolute Gasteiger partial charge is 0.472 e. The van der Waals surface area contributed by atoms with Crippen LogP contribution in [0.4, 0.5) is 0 Å². The molecule has 0 aromatic heterocycles. The SMILES string of the molecule is CC/C=C/C=C/C=C/CCCCCCCC(=O)OC(COC(=O)CCCCCCCCC/C=C/CCCCCCCCCCC)COP(=O)(O)OC[C@@H](N)C(=O)O. The third-order valence-electron chi connectivity index (χ3n) is 9.37. The van der Waals surface area contributed by atoms with Gasteiger partial charge in [-0.2, -0.15) is 0 Å². The van der Waals surface area contributed by atoms with E-state index in [1.165, 1.54) is 83.5 Å². The lowest BCUT2D eigenvalue weighted by Crippen LogP contribution is -2.34. The van der Waals surface area contributed by atoms with Crippen LogP contribution in [0.15, 0.2) is 48.6 Å². The number of carboxylic acids is 1. The molecule has 0 aliphatic carbocycles. The van der Waals surface area contributed by atoms with E-state index in [1.54, 1.807) is 0 Å². The molecular weight excluding hydrogens is 745 g/mol. The van der Waals surface area contributed by atoms with Crippen LogP contribution in [0.25, 0.3) is 0 Å². The molecule has 11 nitrogen and oxygen atoms in total. The van der Waals surface area contributed by atoms with Crippen molar-refractivity contribution < 1.29 is 47.5 Å². The van der Waals surface area contributed by atoms with Crippen LogP contribution in [0.5, 0.6) is 0 Å². The monoisotopic (exact) mass is 826 g/mol. The van der Waals surface area contributed by atoms with Crippen LogP contribution in [-0.4, -0.2) is 59.9 Å². The fraction of sp³-hybridized carbons (Fsp3) is 0.756. The summed E-state index contributed by atoms with van der Waals surface area (Å²) in [5.41, 5.74) is 5.33. The molecule has 0 aromatic rings. The number of hydrogen-bond donors (Lipinski definition) is 3. The zero-order valence-corrected chi connectivity index (χ0v) is 36.6. The second-order valence-corrected chi connectivity index (χ2v) is 16.3. The van der Waals surface area contributed by atoms with E-state index in [2.05, 4.69) is 42.7 Å². The topological polar surface area (TPSA) is 172 Å². The molecule has 0 fully saturated rings. The first-order valence-electron chi connectivity index (χ1n) is 22.2. The number of unbranched alkanes of at least 4 members (excludes halogenated alkanes) is 21.